The summed E-state index contributed by atoms with van der Waals surface area (Å²) < 4.78 is 4.59. The van der Waals surface area contributed by atoms with Crippen molar-refractivity contribution in [1.82, 2.24) is 5.32 Å². The summed E-state index contributed by atoms with van der Waals surface area (Å²) >= 11 is 0. The number of methoxy groups -OCH3 is 1. The van der Waals surface area contributed by atoms with E-state index in [4.69, 9.17) is 5.73 Å². The van der Waals surface area contributed by atoms with Gasteiger partial charge < -0.3 is 15.8 Å². The van der Waals surface area contributed by atoms with E-state index in [1.54, 1.807) is 0 Å². The summed E-state index contributed by atoms with van der Waals surface area (Å²) in [5.41, 5.74) is 8.65. The van der Waals surface area contributed by atoms with Crippen LogP contribution in [0.2, 0.25) is 0 Å². The molecule has 0 spiro atoms. The number of hydrogen-bond donors (Lipinski definition) is 2. The number of amides is 1. The Morgan fingerprint density at radius 1 is 1.53 bits per heavy atom. The van der Waals surface area contributed by atoms with Crippen molar-refractivity contribution in [3.8, 4) is 0 Å². The SMILES string of the molecule is COC(=O)CCC(N)c1ccc2c(c1)C(=O)NCC2. The van der Waals surface area contributed by atoms with Crippen LogP contribution in [-0.4, -0.2) is 25.5 Å². The van der Waals surface area contributed by atoms with Gasteiger partial charge in [0.05, 0.1) is 7.11 Å². The summed E-state index contributed by atoms with van der Waals surface area (Å²) in [5.74, 6) is -0.325. The monoisotopic (exact) mass is 262 g/mol. The van der Waals surface area contributed by atoms with Gasteiger partial charge in [-0.3, -0.25) is 9.59 Å². The maximum absolute atomic E-state index is 11.7. The summed E-state index contributed by atoms with van der Waals surface area (Å²) in [4.78, 5) is 22.8. The first-order valence-electron chi connectivity index (χ1n) is 6.35. The lowest BCUT2D eigenvalue weighted by molar-refractivity contribution is -0.140. The van der Waals surface area contributed by atoms with E-state index in [-0.39, 0.29) is 24.3 Å². The number of nitrogens with two attached hydrogens (primary N) is 1. The van der Waals surface area contributed by atoms with Crippen molar-refractivity contribution < 1.29 is 14.3 Å². The molecule has 2 rings (SSSR count). The van der Waals surface area contributed by atoms with E-state index in [1.165, 1.54) is 7.11 Å². The van der Waals surface area contributed by atoms with Crippen molar-refractivity contribution in [2.75, 3.05) is 13.7 Å². The lowest BCUT2D eigenvalue weighted by Crippen LogP contribution is -2.32. The minimum atomic E-state index is -0.272. The molecule has 1 unspecified atom stereocenters. The number of fused-ring (bicyclic) bond motifs is 1. The van der Waals surface area contributed by atoms with Crippen molar-refractivity contribution in [3.05, 3.63) is 34.9 Å². The Morgan fingerprint density at radius 3 is 3.05 bits per heavy atom. The van der Waals surface area contributed by atoms with E-state index in [9.17, 15) is 9.59 Å². The second kappa shape index (κ2) is 5.84. The molecular weight excluding hydrogens is 244 g/mol. The average Bonchev–Trinajstić information content (AvgIpc) is 2.44. The smallest absolute Gasteiger partial charge is 0.305 e. The van der Waals surface area contributed by atoms with Crippen LogP contribution in [0.5, 0.6) is 0 Å². The van der Waals surface area contributed by atoms with E-state index in [0.717, 1.165) is 17.5 Å². The zero-order chi connectivity index (χ0) is 13.8. The van der Waals surface area contributed by atoms with Crippen molar-refractivity contribution in [1.29, 1.82) is 0 Å². The van der Waals surface area contributed by atoms with Crippen molar-refractivity contribution in [3.63, 3.8) is 0 Å². The molecule has 3 N–H and O–H groups in total. The van der Waals surface area contributed by atoms with Crippen molar-refractivity contribution in [2.24, 2.45) is 5.73 Å². The quantitative estimate of drug-likeness (QED) is 0.791. The topological polar surface area (TPSA) is 81.4 Å². The fourth-order valence-corrected chi connectivity index (χ4v) is 2.20. The zero-order valence-corrected chi connectivity index (χ0v) is 10.9. The van der Waals surface area contributed by atoms with Crippen LogP contribution in [0.15, 0.2) is 18.2 Å². The number of carbonyl (C=O) groups is 2. The first-order chi connectivity index (χ1) is 9.11. The molecule has 1 aliphatic rings. The summed E-state index contributed by atoms with van der Waals surface area (Å²) in [6.45, 7) is 0.680. The van der Waals surface area contributed by atoms with Gasteiger partial charge in [-0.1, -0.05) is 12.1 Å². The minimum absolute atomic E-state index is 0.0525. The van der Waals surface area contributed by atoms with Gasteiger partial charge >= 0.3 is 5.97 Å². The third-order valence-electron chi connectivity index (χ3n) is 3.37. The molecular formula is C14H18N2O3. The second-order valence-corrected chi connectivity index (χ2v) is 4.64. The Bertz CT molecular complexity index is 499. The van der Waals surface area contributed by atoms with Crippen LogP contribution in [0.1, 0.15) is 40.4 Å². The number of esters is 1. The molecule has 0 aromatic heterocycles. The molecule has 5 nitrogen and oxygen atoms in total. The highest BCUT2D eigenvalue weighted by molar-refractivity contribution is 5.96. The largest absolute Gasteiger partial charge is 0.469 e. The third-order valence-corrected chi connectivity index (χ3v) is 3.37. The number of ether oxygens (including phenoxy) is 1. The van der Waals surface area contributed by atoms with Gasteiger partial charge in [0.15, 0.2) is 0 Å². The fourth-order valence-electron chi connectivity index (χ4n) is 2.20. The Labute approximate surface area is 112 Å². The lowest BCUT2D eigenvalue weighted by Gasteiger charge is -2.19. The molecule has 1 aliphatic heterocycles. The van der Waals surface area contributed by atoms with Gasteiger partial charge in [-0.05, 0) is 30.0 Å². The highest BCUT2D eigenvalue weighted by atomic mass is 16.5. The van der Waals surface area contributed by atoms with E-state index < -0.39 is 0 Å². The summed E-state index contributed by atoms with van der Waals surface area (Å²) in [6.07, 6.45) is 1.63. The first-order valence-corrected chi connectivity index (χ1v) is 6.35. The molecule has 0 fully saturated rings. The highest BCUT2D eigenvalue weighted by Crippen LogP contribution is 2.22. The Balaban J connectivity index is 2.10. The van der Waals surface area contributed by atoms with Gasteiger partial charge in [-0.25, -0.2) is 0 Å². The van der Waals surface area contributed by atoms with Crippen molar-refractivity contribution in [2.45, 2.75) is 25.3 Å². The van der Waals surface area contributed by atoms with Gasteiger partial charge in [0.2, 0.25) is 0 Å². The first kappa shape index (κ1) is 13.5. The number of benzene rings is 1. The van der Waals surface area contributed by atoms with E-state index in [0.29, 0.717) is 18.5 Å². The molecule has 1 amide bonds. The predicted molar refractivity (Wildman–Crippen MR) is 70.7 cm³/mol. The fraction of sp³-hybridized carbons (Fsp3) is 0.429. The molecule has 1 aromatic rings. The maximum atomic E-state index is 11.7. The molecule has 1 atom stereocenters. The highest BCUT2D eigenvalue weighted by Gasteiger charge is 2.18. The van der Waals surface area contributed by atoms with Crippen molar-refractivity contribution >= 4 is 11.9 Å². The standard InChI is InChI=1S/C14H18N2O3/c1-19-13(17)5-4-12(15)10-3-2-9-6-7-16-14(18)11(9)8-10/h2-3,8,12H,4-7,15H2,1H3,(H,16,18). The summed E-state index contributed by atoms with van der Waals surface area (Å²) in [7, 11) is 1.36. The van der Waals surface area contributed by atoms with Gasteiger partial charge in [-0.2, -0.15) is 0 Å². The van der Waals surface area contributed by atoms with E-state index in [1.807, 2.05) is 18.2 Å². The van der Waals surface area contributed by atoms with Crippen LogP contribution in [0.4, 0.5) is 0 Å². The molecule has 5 heteroatoms. The van der Waals surface area contributed by atoms with Gasteiger partial charge in [-0.15, -0.1) is 0 Å². The molecule has 0 bridgehead atoms. The third kappa shape index (κ3) is 3.12. The maximum Gasteiger partial charge on any atom is 0.305 e. The van der Waals surface area contributed by atoms with E-state index in [2.05, 4.69) is 10.1 Å². The Morgan fingerprint density at radius 2 is 2.32 bits per heavy atom. The van der Waals surface area contributed by atoms with Gasteiger partial charge in [0, 0.05) is 24.6 Å². The predicted octanol–water partition coefficient (Wildman–Crippen LogP) is 0.925. The van der Waals surface area contributed by atoms with Gasteiger partial charge in [0.25, 0.3) is 5.91 Å². The summed E-state index contributed by atoms with van der Waals surface area (Å²) in [6, 6.07) is 5.44. The molecule has 0 radical (unpaired) electrons. The van der Waals surface area contributed by atoms with E-state index >= 15 is 0 Å². The van der Waals surface area contributed by atoms with Crippen LogP contribution < -0.4 is 11.1 Å². The molecule has 1 heterocycles. The Hall–Kier alpha value is -1.88. The normalized spacial score (nSPS) is 15.4. The molecule has 19 heavy (non-hydrogen) atoms. The molecule has 0 saturated carbocycles. The molecule has 0 aliphatic carbocycles. The van der Waals surface area contributed by atoms with Crippen LogP contribution in [0, 0.1) is 0 Å². The Kier molecular flexibility index (Phi) is 4.16. The number of rotatable bonds is 4. The van der Waals surface area contributed by atoms with Crippen LogP contribution >= 0.6 is 0 Å². The minimum Gasteiger partial charge on any atom is -0.469 e. The molecule has 102 valence electrons. The zero-order valence-electron chi connectivity index (χ0n) is 10.9. The van der Waals surface area contributed by atoms with Crippen LogP contribution in [0.3, 0.4) is 0 Å². The number of nitrogens with one attached hydrogen (secondary N) is 1. The van der Waals surface area contributed by atoms with Gasteiger partial charge in [0.1, 0.15) is 0 Å². The molecule has 1 aromatic carbocycles. The molecule has 0 saturated heterocycles. The average molecular weight is 262 g/mol. The lowest BCUT2D eigenvalue weighted by atomic mass is 9.94. The van der Waals surface area contributed by atoms with Crippen LogP contribution in [0.25, 0.3) is 0 Å². The number of carbonyl (C=O) groups excluding carboxylic acids is 2. The number of hydrogen-bond acceptors (Lipinski definition) is 4. The van der Waals surface area contributed by atoms with Crippen LogP contribution in [-0.2, 0) is 16.0 Å². The summed E-state index contributed by atoms with van der Waals surface area (Å²) in [5, 5.41) is 2.81. The second-order valence-electron chi connectivity index (χ2n) is 4.64.